The smallest absolute Gasteiger partial charge is 0.362 e. The van der Waals surface area contributed by atoms with Crippen molar-refractivity contribution in [1.29, 1.82) is 0 Å². The van der Waals surface area contributed by atoms with E-state index in [2.05, 4.69) is 0 Å². The van der Waals surface area contributed by atoms with Gasteiger partial charge in [-0.3, -0.25) is 19.3 Å². The van der Waals surface area contributed by atoms with Gasteiger partial charge in [-0.15, -0.1) is 0 Å². The zero-order chi connectivity index (χ0) is 29.1. The Balaban J connectivity index is 2.02. The minimum atomic E-state index is -5.39. The summed E-state index contributed by atoms with van der Waals surface area (Å²) in [6.07, 6.45) is -4.55. The quantitative estimate of drug-likeness (QED) is 0.426. The fraction of sp³-hybridized carbons (Fsp3) is 0.233. The maximum Gasteiger partial charge on any atom is 0.438 e. The van der Waals surface area contributed by atoms with Gasteiger partial charge < -0.3 is 15.3 Å². The van der Waals surface area contributed by atoms with E-state index in [4.69, 9.17) is 0 Å². The fourth-order valence-corrected chi connectivity index (χ4v) is 4.87. The zero-order valence-electron chi connectivity index (χ0n) is 21.8. The average molecular weight is 552 g/mol. The van der Waals surface area contributed by atoms with Crippen molar-refractivity contribution >= 4 is 23.4 Å². The summed E-state index contributed by atoms with van der Waals surface area (Å²) in [5, 5.41) is 13.0. The van der Waals surface area contributed by atoms with Gasteiger partial charge in [0.25, 0.3) is 11.6 Å². The second-order valence-electron chi connectivity index (χ2n) is 9.48. The van der Waals surface area contributed by atoms with Crippen LogP contribution in [-0.2, 0) is 20.8 Å². The topological polar surface area (TPSA) is 89.9 Å². The molecule has 0 fully saturated rings. The number of nitrogens with zero attached hydrogens (tertiary/aromatic N) is 2. The molecule has 0 bridgehead atoms. The summed E-state index contributed by atoms with van der Waals surface area (Å²) in [4.78, 5) is 41.3. The van der Waals surface area contributed by atoms with Crippen molar-refractivity contribution in [2.24, 2.45) is 0 Å². The van der Waals surface area contributed by atoms with Gasteiger partial charge in [0.05, 0.1) is 11.7 Å². The van der Waals surface area contributed by atoms with Crippen molar-refractivity contribution in [3.63, 3.8) is 0 Å². The van der Waals surface area contributed by atoms with E-state index in [0.717, 1.165) is 11.8 Å². The Bertz CT molecular complexity index is 1400. The van der Waals surface area contributed by atoms with Crippen LogP contribution in [0, 0.1) is 0 Å². The Morgan fingerprint density at radius 2 is 1.43 bits per heavy atom. The summed E-state index contributed by atoms with van der Waals surface area (Å²) in [6.45, 7) is 2.11. The van der Waals surface area contributed by atoms with E-state index < -0.39 is 48.1 Å². The number of hydrogen-bond donors (Lipinski definition) is 2. The number of amides is 3. The molecule has 208 valence electrons. The van der Waals surface area contributed by atoms with E-state index in [1.807, 2.05) is 0 Å². The molecule has 0 saturated carbocycles. The summed E-state index contributed by atoms with van der Waals surface area (Å²) in [7, 11) is 0. The number of nitrogens with one attached hydrogen (secondary N) is 1. The molecule has 0 aromatic heterocycles. The lowest BCUT2D eigenvalue weighted by molar-refractivity contribution is -0.287. The van der Waals surface area contributed by atoms with Gasteiger partial charge in [0.1, 0.15) is 6.04 Å². The van der Waals surface area contributed by atoms with Crippen molar-refractivity contribution in [3.05, 3.63) is 114 Å². The van der Waals surface area contributed by atoms with E-state index in [1.165, 1.54) is 18.0 Å². The summed E-state index contributed by atoms with van der Waals surface area (Å²) in [5.41, 5.74) is -2.81. The molecule has 4 rings (SSSR count). The lowest BCUT2D eigenvalue weighted by Crippen LogP contribution is -2.71. The maximum atomic E-state index is 14.8. The SMILES string of the molecule is CC(=O)NC(O)(C(Cc1ccccc1)N1C(=O)C(c2ccccc2)N(C(C)=O)C=C1c1ccccc1)C(F)(F)F. The standard InChI is InChI=1S/C30H28F3N3O4/c1-20(37)34-29(40,30(31,32)33)26(18-22-12-6-3-7-13-22)36-25(23-14-8-4-9-15-23)19-35(21(2)38)27(28(36)39)24-16-10-5-11-17-24/h3-17,19,26-27,40H,18H2,1-2H3,(H,34,37). The first kappa shape index (κ1) is 28.6. The predicted molar refractivity (Wildman–Crippen MR) is 142 cm³/mol. The number of carbonyl (C=O) groups is 3. The number of alkyl halides is 3. The minimum absolute atomic E-state index is 0.0399. The molecule has 7 nitrogen and oxygen atoms in total. The van der Waals surface area contributed by atoms with Gasteiger partial charge in [0.2, 0.25) is 11.8 Å². The number of hydrogen-bond acceptors (Lipinski definition) is 4. The van der Waals surface area contributed by atoms with Crippen molar-refractivity contribution < 1.29 is 32.7 Å². The first-order valence-corrected chi connectivity index (χ1v) is 12.5. The number of rotatable bonds is 7. The Morgan fingerprint density at radius 1 is 0.900 bits per heavy atom. The van der Waals surface area contributed by atoms with Crippen LogP contribution < -0.4 is 5.32 Å². The molecule has 1 aliphatic heterocycles. The molecule has 3 atom stereocenters. The molecule has 1 aliphatic rings. The molecule has 0 spiro atoms. The molecule has 0 radical (unpaired) electrons. The Morgan fingerprint density at radius 3 is 1.93 bits per heavy atom. The van der Waals surface area contributed by atoms with Gasteiger partial charge in [0, 0.05) is 20.0 Å². The van der Waals surface area contributed by atoms with Gasteiger partial charge in [-0.1, -0.05) is 91.0 Å². The molecule has 10 heteroatoms. The fourth-order valence-electron chi connectivity index (χ4n) is 4.87. The number of aliphatic hydroxyl groups is 1. The summed E-state index contributed by atoms with van der Waals surface area (Å²) in [6, 6.07) is 21.0. The Kier molecular flexibility index (Phi) is 8.11. The van der Waals surface area contributed by atoms with Crippen LogP contribution in [0.25, 0.3) is 5.70 Å². The van der Waals surface area contributed by atoms with Crippen LogP contribution in [0.15, 0.2) is 97.2 Å². The van der Waals surface area contributed by atoms with Crippen LogP contribution in [0.1, 0.15) is 36.6 Å². The Hall–Kier alpha value is -4.44. The van der Waals surface area contributed by atoms with Crippen molar-refractivity contribution in [2.75, 3.05) is 0 Å². The summed E-state index contributed by atoms with van der Waals surface area (Å²) < 4.78 is 44.3. The van der Waals surface area contributed by atoms with Crippen LogP contribution in [0.5, 0.6) is 0 Å². The molecule has 3 aromatic rings. The lowest BCUT2D eigenvalue weighted by Gasteiger charge is -2.48. The van der Waals surface area contributed by atoms with Crippen molar-refractivity contribution in [3.8, 4) is 0 Å². The zero-order valence-corrected chi connectivity index (χ0v) is 21.8. The van der Waals surface area contributed by atoms with Gasteiger partial charge in [0.15, 0.2) is 0 Å². The van der Waals surface area contributed by atoms with E-state index in [9.17, 15) is 32.7 Å². The molecular formula is C30H28F3N3O4. The lowest BCUT2D eigenvalue weighted by atomic mass is 9.89. The van der Waals surface area contributed by atoms with Crippen LogP contribution in [0.2, 0.25) is 0 Å². The van der Waals surface area contributed by atoms with Crippen molar-refractivity contribution in [2.45, 2.75) is 44.3 Å². The van der Waals surface area contributed by atoms with Crippen LogP contribution in [-0.4, -0.2) is 50.6 Å². The summed E-state index contributed by atoms with van der Waals surface area (Å²) >= 11 is 0. The monoisotopic (exact) mass is 551 g/mol. The van der Waals surface area contributed by atoms with Crippen LogP contribution >= 0.6 is 0 Å². The first-order valence-electron chi connectivity index (χ1n) is 12.5. The highest BCUT2D eigenvalue weighted by Crippen LogP contribution is 2.42. The van der Waals surface area contributed by atoms with Gasteiger partial charge in [-0.2, -0.15) is 13.2 Å². The summed E-state index contributed by atoms with van der Waals surface area (Å²) in [5.74, 6) is -2.53. The largest absolute Gasteiger partial charge is 0.438 e. The number of carbonyl (C=O) groups excluding carboxylic acids is 3. The van der Waals surface area contributed by atoms with Gasteiger partial charge in [-0.05, 0) is 23.1 Å². The third kappa shape index (κ3) is 5.62. The third-order valence-electron chi connectivity index (χ3n) is 6.68. The molecule has 3 unspecified atom stereocenters. The van der Waals surface area contributed by atoms with E-state index in [-0.39, 0.29) is 5.70 Å². The number of benzene rings is 3. The second-order valence-corrected chi connectivity index (χ2v) is 9.48. The number of halogens is 3. The Labute approximate surface area is 229 Å². The molecule has 1 heterocycles. The molecular weight excluding hydrogens is 523 g/mol. The second kappa shape index (κ2) is 11.4. The highest BCUT2D eigenvalue weighted by atomic mass is 19.4. The highest BCUT2D eigenvalue weighted by molar-refractivity contribution is 5.98. The van der Waals surface area contributed by atoms with Crippen LogP contribution in [0.4, 0.5) is 13.2 Å². The first-order chi connectivity index (χ1) is 18.9. The highest BCUT2D eigenvalue weighted by Gasteiger charge is 2.63. The van der Waals surface area contributed by atoms with Gasteiger partial charge >= 0.3 is 6.18 Å². The van der Waals surface area contributed by atoms with E-state index in [1.54, 1.807) is 96.3 Å². The predicted octanol–water partition coefficient (Wildman–Crippen LogP) is 4.42. The maximum absolute atomic E-state index is 14.8. The third-order valence-corrected chi connectivity index (χ3v) is 6.68. The van der Waals surface area contributed by atoms with Crippen LogP contribution in [0.3, 0.4) is 0 Å². The molecule has 3 aromatic carbocycles. The minimum Gasteiger partial charge on any atom is -0.362 e. The van der Waals surface area contributed by atoms with E-state index >= 15 is 0 Å². The molecule has 0 saturated heterocycles. The van der Waals surface area contributed by atoms with Crippen molar-refractivity contribution in [1.82, 2.24) is 15.1 Å². The molecule has 40 heavy (non-hydrogen) atoms. The van der Waals surface area contributed by atoms with E-state index in [0.29, 0.717) is 16.7 Å². The normalized spacial score (nSPS) is 18.0. The average Bonchev–Trinajstić information content (AvgIpc) is 2.92. The molecule has 3 amide bonds. The van der Waals surface area contributed by atoms with Gasteiger partial charge in [-0.25, -0.2) is 0 Å². The molecule has 0 aliphatic carbocycles. The molecule has 2 N–H and O–H groups in total.